The highest BCUT2D eigenvalue weighted by atomic mass is 32.2. The maximum atomic E-state index is 11.8. The molecule has 0 saturated heterocycles. The molecule has 1 rings (SSSR count). The summed E-state index contributed by atoms with van der Waals surface area (Å²) in [6, 6.07) is 0. The summed E-state index contributed by atoms with van der Waals surface area (Å²) in [6.07, 6.45) is 1.29. The minimum absolute atomic E-state index is 0.0597. The van der Waals surface area contributed by atoms with Gasteiger partial charge in [0.2, 0.25) is 15.9 Å². The van der Waals surface area contributed by atoms with Gasteiger partial charge in [0.1, 0.15) is 4.90 Å². The normalized spacial score (nSPS) is 12.5. The standard InChI is InChI=1S/C10H18N4O4S/c1-10(2,18-4)5-8(15)12-9-7(19(11,16)17)6-14(3)13-9/h6H,5H2,1-4H3,(H2,11,16,17)(H,12,13,15). The fourth-order valence-corrected chi connectivity index (χ4v) is 2.06. The Morgan fingerprint density at radius 3 is 2.63 bits per heavy atom. The fourth-order valence-electron chi connectivity index (χ4n) is 1.40. The number of aryl methyl sites for hydroxylation is 1. The number of aromatic nitrogens is 2. The van der Waals surface area contributed by atoms with Gasteiger partial charge in [-0.2, -0.15) is 5.10 Å². The number of nitrogens with two attached hydrogens (primary N) is 1. The van der Waals surface area contributed by atoms with Crippen LogP contribution in [0.5, 0.6) is 0 Å². The van der Waals surface area contributed by atoms with Crippen molar-refractivity contribution in [3.63, 3.8) is 0 Å². The zero-order chi connectivity index (χ0) is 14.8. The highest BCUT2D eigenvalue weighted by Gasteiger charge is 2.24. The van der Waals surface area contributed by atoms with E-state index in [0.717, 1.165) is 0 Å². The highest BCUT2D eigenvalue weighted by molar-refractivity contribution is 7.89. The Bertz CT molecular complexity index is 576. The first kappa shape index (κ1) is 15.6. The maximum absolute atomic E-state index is 11.8. The van der Waals surface area contributed by atoms with Crippen molar-refractivity contribution < 1.29 is 17.9 Å². The molecule has 1 aromatic heterocycles. The van der Waals surface area contributed by atoms with Gasteiger partial charge < -0.3 is 10.1 Å². The average molecular weight is 290 g/mol. The molecule has 3 N–H and O–H groups in total. The molecule has 0 aromatic carbocycles. The van der Waals surface area contributed by atoms with Gasteiger partial charge in [-0.05, 0) is 13.8 Å². The van der Waals surface area contributed by atoms with Crippen LogP contribution in [0.1, 0.15) is 20.3 Å². The van der Waals surface area contributed by atoms with Gasteiger partial charge in [0.15, 0.2) is 5.82 Å². The number of nitrogens with one attached hydrogen (secondary N) is 1. The first-order valence-corrected chi connectivity index (χ1v) is 7.01. The van der Waals surface area contributed by atoms with E-state index in [0.29, 0.717) is 0 Å². The maximum Gasteiger partial charge on any atom is 0.243 e. The number of amides is 1. The van der Waals surface area contributed by atoms with E-state index in [4.69, 9.17) is 9.88 Å². The number of carbonyl (C=O) groups excluding carboxylic acids is 1. The molecule has 0 fully saturated rings. The molecule has 0 saturated carbocycles. The lowest BCUT2D eigenvalue weighted by atomic mass is 10.1. The second kappa shape index (κ2) is 5.27. The molecule has 0 bridgehead atoms. The molecule has 0 aliphatic rings. The summed E-state index contributed by atoms with van der Waals surface area (Å²) in [5.74, 6) is -0.489. The molecule has 0 spiro atoms. The van der Waals surface area contributed by atoms with E-state index in [1.54, 1.807) is 13.8 Å². The predicted octanol–water partition coefficient (Wildman–Crippen LogP) is -0.179. The lowest BCUT2D eigenvalue weighted by Crippen LogP contribution is -2.30. The van der Waals surface area contributed by atoms with Crippen LogP contribution in [-0.2, 0) is 26.6 Å². The number of primary sulfonamides is 1. The minimum Gasteiger partial charge on any atom is -0.378 e. The Balaban J connectivity index is 2.92. The van der Waals surface area contributed by atoms with E-state index < -0.39 is 21.5 Å². The molecule has 8 nitrogen and oxygen atoms in total. The molecular weight excluding hydrogens is 272 g/mol. The third-order valence-corrected chi connectivity index (χ3v) is 3.41. The van der Waals surface area contributed by atoms with Crippen LogP contribution in [0.25, 0.3) is 0 Å². The van der Waals surface area contributed by atoms with Gasteiger partial charge in [0.25, 0.3) is 0 Å². The van der Waals surface area contributed by atoms with E-state index in [9.17, 15) is 13.2 Å². The highest BCUT2D eigenvalue weighted by Crippen LogP contribution is 2.19. The van der Waals surface area contributed by atoms with Crippen molar-refractivity contribution >= 4 is 21.7 Å². The lowest BCUT2D eigenvalue weighted by molar-refractivity contribution is -0.121. The smallest absolute Gasteiger partial charge is 0.243 e. The zero-order valence-corrected chi connectivity index (χ0v) is 12.1. The van der Waals surface area contributed by atoms with Crippen LogP contribution >= 0.6 is 0 Å². The van der Waals surface area contributed by atoms with Gasteiger partial charge in [0.05, 0.1) is 12.0 Å². The van der Waals surface area contributed by atoms with Crippen molar-refractivity contribution in [3.8, 4) is 0 Å². The SMILES string of the molecule is COC(C)(C)CC(=O)Nc1nn(C)cc1S(N)(=O)=O. The third-order valence-electron chi connectivity index (χ3n) is 2.50. The van der Waals surface area contributed by atoms with E-state index in [1.165, 1.54) is 25.0 Å². The van der Waals surface area contributed by atoms with Crippen LogP contribution in [-0.4, -0.2) is 36.8 Å². The van der Waals surface area contributed by atoms with Crippen molar-refractivity contribution in [2.24, 2.45) is 12.2 Å². The molecule has 0 atom stereocenters. The number of nitrogens with zero attached hydrogens (tertiary/aromatic N) is 2. The number of rotatable bonds is 5. The van der Waals surface area contributed by atoms with Crippen molar-refractivity contribution in [3.05, 3.63) is 6.20 Å². The molecule has 0 unspecified atom stereocenters. The third kappa shape index (κ3) is 4.30. The fraction of sp³-hybridized carbons (Fsp3) is 0.600. The number of hydrogen-bond donors (Lipinski definition) is 2. The minimum atomic E-state index is -3.94. The number of carbonyl (C=O) groups is 1. The molecule has 19 heavy (non-hydrogen) atoms. The molecule has 0 aliphatic heterocycles. The second-order valence-corrected chi connectivity index (χ2v) is 6.28. The summed E-state index contributed by atoms with van der Waals surface area (Å²) in [5.41, 5.74) is -0.652. The first-order valence-electron chi connectivity index (χ1n) is 5.46. The van der Waals surface area contributed by atoms with E-state index in [1.807, 2.05) is 0 Å². The summed E-state index contributed by atoms with van der Waals surface area (Å²) >= 11 is 0. The van der Waals surface area contributed by atoms with Gasteiger partial charge in [-0.1, -0.05) is 0 Å². The Morgan fingerprint density at radius 2 is 2.16 bits per heavy atom. The number of anilines is 1. The summed E-state index contributed by atoms with van der Waals surface area (Å²) < 4.78 is 29.1. The molecule has 0 radical (unpaired) electrons. The largest absolute Gasteiger partial charge is 0.378 e. The van der Waals surface area contributed by atoms with E-state index >= 15 is 0 Å². The van der Waals surface area contributed by atoms with Crippen molar-refractivity contribution in [1.82, 2.24) is 9.78 Å². The van der Waals surface area contributed by atoms with Crippen LogP contribution < -0.4 is 10.5 Å². The van der Waals surface area contributed by atoms with Crippen LogP contribution in [0.2, 0.25) is 0 Å². The zero-order valence-electron chi connectivity index (χ0n) is 11.3. The Labute approximate surface area is 112 Å². The first-order chi connectivity index (χ1) is 8.55. The summed E-state index contributed by atoms with van der Waals surface area (Å²) in [5, 5.41) is 11.3. The monoisotopic (exact) mass is 290 g/mol. The van der Waals surface area contributed by atoms with E-state index in [2.05, 4.69) is 10.4 Å². The van der Waals surface area contributed by atoms with Gasteiger partial charge >= 0.3 is 0 Å². The second-order valence-electron chi connectivity index (χ2n) is 4.75. The quantitative estimate of drug-likeness (QED) is 0.780. The summed E-state index contributed by atoms with van der Waals surface area (Å²) in [7, 11) is -0.916. The molecule has 108 valence electrons. The summed E-state index contributed by atoms with van der Waals surface area (Å²) in [4.78, 5) is 11.6. The van der Waals surface area contributed by atoms with Crippen molar-refractivity contribution in [2.75, 3.05) is 12.4 Å². The number of methoxy groups -OCH3 is 1. The number of sulfonamides is 1. The molecule has 1 amide bonds. The van der Waals surface area contributed by atoms with E-state index in [-0.39, 0.29) is 17.1 Å². The molecule has 1 heterocycles. The predicted molar refractivity (Wildman–Crippen MR) is 68.9 cm³/mol. The number of hydrogen-bond acceptors (Lipinski definition) is 5. The van der Waals surface area contributed by atoms with Crippen LogP contribution in [0.3, 0.4) is 0 Å². The van der Waals surface area contributed by atoms with Crippen molar-refractivity contribution in [2.45, 2.75) is 30.8 Å². The average Bonchev–Trinajstić information content (AvgIpc) is 2.58. The van der Waals surface area contributed by atoms with Gasteiger partial charge in [0, 0.05) is 20.4 Å². The van der Waals surface area contributed by atoms with Gasteiger partial charge in [-0.25, -0.2) is 13.6 Å². The topological polar surface area (TPSA) is 116 Å². The van der Waals surface area contributed by atoms with Gasteiger partial charge in [-0.15, -0.1) is 0 Å². The van der Waals surface area contributed by atoms with Gasteiger partial charge in [-0.3, -0.25) is 9.48 Å². The number of ether oxygens (including phenoxy) is 1. The Morgan fingerprint density at radius 1 is 1.58 bits per heavy atom. The Kier molecular flexibility index (Phi) is 4.33. The molecule has 9 heteroatoms. The van der Waals surface area contributed by atoms with Crippen LogP contribution in [0.15, 0.2) is 11.1 Å². The van der Waals surface area contributed by atoms with Crippen LogP contribution in [0, 0.1) is 0 Å². The van der Waals surface area contributed by atoms with Crippen molar-refractivity contribution in [1.29, 1.82) is 0 Å². The summed E-state index contributed by atoms with van der Waals surface area (Å²) in [6.45, 7) is 3.48. The molecular formula is C10H18N4O4S. The molecule has 0 aliphatic carbocycles. The lowest BCUT2D eigenvalue weighted by Gasteiger charge is -2.21. The Hall–Kier alpha value is -1.45. The van der Waals surface area contributed by atoms with Crippen LogP contribution in [0.4, 0.5) is 5.82 Å². The molecule has 1 aromatic rings.